The van der Waals surface area contributed by atoms with Gasteiger partial charge in [0.25, 0.3) is 0 Å². The van der Waals surface area contributed by atoms with Crippen LogP contribution < -0.4 is 5.32 Å². The van der Waals surface area contributed by atoms with Crippen LogP contribution in [0.3, 0.4) is 0 Å². The van der Waals surface area contributed by atoms with Gasteiger partial charge in [-0.25, -0.2) is 0 Å². The lowest BCUT2D eigenvalue weighted by molar-refractivity contribution is -0.116. The van der Waals surface area contributed by atoms with E-state index in [1.807, 2.05) is 0 Å². The highest BCUT2D eigenvalue weighted by Gasteiger charge is 2.11. The quantitative estimate of drug-likeness (QED) is 0.506. The lowest BCUT2D eigenvalue weighted by Gasteiger charge is -2.25. The Kier molecular flexibility index (Phi) is 5.41. The summed E-state index contributed by atoms with van der Waals surface area (Å²) in [4.78, 5) is 16.9. The molecule has 0 aliphatic carbocycles. The summed E-state index contributed by atoms with van der Waals surface area (Å²) in [7, 11) is 0. The summed E-state index contributed by atoms with van der Waals surface area (Å²) >= 11 is 0. The molecule has 1 aliphatic heterocycles. The van der Waals surface area contributed by atoms with E-state index in [9.17, 15) is 4.79 Å². The normalized spacial score (nSPS) is 15.4. The van der Waals surface area contributed by atoms with Crippen molar-refractivity contribution in [2.45, 2.75) is 25.7 Å². The van der Waals surface area contributed by atoms with E-state index in [1.54, 1.807) is 24.3 Å². The van der Waals surface area contributed by atoms with E-state index < -0.39 is 0 Å². The van der Waals surface area contributed by atoms with E-state index in [1.165, 1.54) is 19.3 Å². The van der Waals surface area contributed by atoms with E-state index in [0.717, 1.165) is 25.3 Å². The number of rotatable bonds is 5. The third kappa shape index (κ3) is 4.57. The zero-order valence-electron chi connectivity index (χ0n) is 11.5. The zero-order chi connectivity index (χ0) is 14.2. The Morgan fingerprint density at radius 1 is 1.25 bits per heavy atom. The number of nitrogens with zero attached hydrogens (tertiary/aromatic N) is 4. The largest absolute Gasteiger partial charge is 0.326 e. The number of hydrogen-bond acceptors (Lipinski definition) is 3. The van der Waals surface area contributed by atoms with Crippen molar-refractivity contribution in [2.75, 3.05) is 25.0 Å². The molecule has 0 atom stereocenters. The molecule has 0 saturated carbocycles. The van der Waals surface area contributed by atoms with Crippen LogP contribution in [0, 0.1) is 0 Å². The van der Waals surface area contributed by atoms with E-state index in [-0.39, 0.29) is 5.91 Å². The van der Waals surface area contributed by atoms with E-state index in [2.05, 4.69) is 20.2 Å². The first-order valence-electron chi connectivity index (χ1n) is 6.95. The molecule has 20 heavy (non-hydrogen) atoms. The smallest absolute Gasteiger partial charge is 0.225 e. The van der Waals surface area contributed by atoms with E-state index >= 15 is 0 Å². The maximum absolute atomic E-state index is 11.8. The van der Waals surface area contributed by atoms with Crippen LogP contribution in [0.2, 0.25) is 0 Å². The predicted molar refractivity (Wildman–Crippen MR) is 78.8 cm³/mol. The van der Waals surface area contributed by atoms with Crippen molar-refractivity contribution in [3.05, 3.63) is 34.7 Å². The molecule has 1 aromatic carbocycles. The number of carbonyl (C=O) groups is 1. The van der Waals surface area contributed by atoms with Crippen LogP contribution in [0.15, 0.2) is 29.4 Å². The second-order valence-electron chi connectivity index (χ2n) is 4.94. The molecule has 1 aliphatic rings. The number of likely N-dealkylation sites (tertiary alicyclic amines) is 1. The summed E-state index contributed by atoms with van der Waals surface area (Å²) in [6, 6.07) is 6.84. The van der Waals surface area contributed by atoms with Gasteiger partial charge in [-0.3, -0.25) is 4.79 Å². The molecule has 106 valence electrons. The molecule has 0 unspecified atom stereocenters. The molecule has 1 N–H and O–H groups in total. The number of piperidine rings is 1. The Balaban J connectivity index is 1.77. The summed E-state index contributed by atoms with van der Waals surface area (Å²) < 4.78 is 0. The number of carbonyl (C=O) groups excluding carboxylic acids is 1. The molecule has 1 heterocycles. The minimum absolute atomic E-state index is 0.0205. The SMILES string of the molecule is [N-]=[N+]=Nc1ccc(NC(=O)CCN2CCCCC2)cc1. The lowest BCUT2D eigenvalue weighted by Crippen LogP contribution is -2.32. The molecule has 0 spiro atoms. The fraction of sp³-hybridized carbons (Fsp3) is 0.500. The Morgan fingerprint density at radius 3 is 2.60 bits per heavy atom. The summed E-state index contributed by atoms with van der Waals surface area (Å²) in [5.41, 5.74) is 9.58. The first-order valence-corrected chi connectivity index (χ1v) is 6.95. The van der Waals surface area contributed by atoms with Gasteiger partial charge >= 0.3 is 0 Å². The molecule has 6 nitrogen and oxygen atoms in total. The van der Waals surface area contributed by atoms with Gasteiger partial charge in [0, 0.05) is 29.3 Å². The average Bonchev–Trinajstić information content (AvgIpc) is 2.49. The van der Waals surface area contributed by atoms with Crippen LogP contribution in [0.1, 0.15) is 25.7 Å². The summed E-state index contributed by atoms with van der Waals surface area (Å²) in [6.07, 6.45) is 4.29. The van der Waals surface area contributed by atoms with Gasteiger partial charge in [-0.15, -0.1) is 0 Å². The molecular formula is C14H19N5O. The van der Waals surface area contributed by atoms with Gasteiger partial charge in [0.1, 0.15) is 0 Å². The molecule has 2 rings (SSSR count). The topological polar surface area (TPSA) is 81.1 Å². The molecule has 1 aromatic rings. The number of anilines is 1. The molecule has 0 bridgehead atoms. The fourth-order valence-electron chi connectivity index (χ4n) is 2.33. The van der Waals surface area contributed by atoms with Crippen molar-refractivity contribution in [3.8, 4) is 0 Å². The molecule has 1 saturated heterocycles. The summed E-state index contributed by atoms with van der Waals surface area (Å²) in [5, 5.41) is 6.34. The summed E-state index contributed by atoms with van der Waals surface area (Å²) in [6.45, 7) is 3.03. The second-order valence-corrected chi connectivity index (χ2v) is 4.94. The van der Waals surface area contributed by atoms with E-state index in [0.29, 0.717) is 12.1 Å². The number of hydrogen-bond donors (Lipinski definition) is 1. The number of azide groups is 1. The van der Waals surface area contributed by atoms with Crippen LogP contribution in [0.5, 0.6) is 0 Å². The van der Waals surface area contributed by atoms with Crippen LogP contribution in [-0.2, 0) is 4.79 Å². The minimum Gasteiger partial charge on any atom is -0.326 e. The highest BCUT2D eigenvalue weighted by atomic mass is 16.1. The summed E-state index contributed by atoms with van der Waals surface area (Å²) in [5.74, 6) is 0.0205. The number of amides is 1. The van der Waals surface area contributed by atoms with Crippen molar-refractivity contribution >= 4 is 17.3 Å². The van der Waals surface area contributed by atoms with Crippen molar-refractivity contribution in [3.63, 3.8) is 0 Å². The van der Waals surface area contributed by atoms with Gasteiger partial charge < -0.3 is 10.2 Å². The molecule has 6 heteroatoms. The van der Waals surface area contributed by atoms with Gasteiger partial charge in [0.05, 0.1) is 0 Å². The maximum atomic E-state index is 11.8. The van der Waals surface area contributed by atoms with Gasteiger partial charge in [-0.05, 0) is 43.6 Å². The van der Waals surface area contributed by atoms with Crippen LogP contribution in [-0.4, -0.2) is 30.4 Å². The van der Waals surface area contributed by atoms with Gasteiger partial charge in [-0.2, -0.15) is 0 Å². The molecule has 0 aromatic heterocycles. The first-order chi connectivity index (χ1) is 9.78. The minimum atomic E-state index is 0.0205. The van der Waals surface area contributed by atoms with Crippen molar-refractivity contribution in [2.24, 2.45) is 5.11 Å². The number of nitrogens with one attached hydrogen (secondary N) is 1. The highest BCUT2D eigenvalue weighted by Crippen LogP contribution is 2.16. The van der Waals surface area contributed by atoms with Crippen LogP contribution in [0.25, 0.3) is 10.4 Å². The standard InChI is InChI=1S/C14H19N5O/c15-18-17-13-6-4-12(5-7-13)16-14(20)8-11-19-9-2-1-3-10-19/h4-7H,1-3,8-11H2,(H,16,20). The third-order valence-corrected chi connectivity index (χ3v) is 3.42. The number of benzene rings is 1. The van der Waals surface area contributed by atoms with Crippen molar-refractivity contribution in [1.82, 2.24) is 4.90 Å². The van der Waals surface area contributed by atoms with Crippen LogP contribution >= 0.6 is 0 Å². The van der Waals surface area contributed by atoms with Gasteiger partial charge in [-0.1, -0.05) is 23.7 Å². The van der Waals surface area contributed by atoms with Gasteiger partial charge in [0.15, 0.2) is 0 Å². The average molecular weight is 273 g/mol. The van der Waals surface area contributed by atoms with Gasteiger partial charge in [0.2, 0.25) is 5.91 Å². The monoisotopic (exact) mass is 273 g/mol. The molecule has 1 amide bonds. The second kappa shape index (κ2) is 7.53. The molecular weight excluding hydrogens is 254 g/mol. The van der Waals surface area contributed by atoms with E-state index in [4.69, 9.17) is 5.53 Å². The predicted octanol–water partition coefficient (Wildman–Crippen LogP) is 3.44. The highest BCUT2D eigenvalue weighted by molar-refractivity contribution is 5.90. The molecule has 0 radical (unpaired) electrons. The van der Waals surface area contributed by atoms with Crippen molar-refractivity contribution < 1.29 is 4.79 Å². The molecule has 1 fully saturated rings. The van der Waals surface area contributed by atoms with Crippen LogP contribution in [0.4, 0.5) is 11.4 Å². The maximum Gasteiger partial charge on any atom is 0.225 e. The Labute approximate surface area is 118 Å². The first kappa shape index (κ1) is 14.4. The Morgan fingerprint density at radius 2 is 1.95 bits per heavy atom. The lowest BCUT2D eigenvalue weighted by atomic mass is 10.1. The third-order valence-electron chi connectivity index (χ3n) is 3.42. The fourth-order valence-corrected chi connectivity index (χ4v) is 2.33. The Hall–Kier alpha value is -2.04. The zero-order valence-corrected chi connectivity index (χ0v) is 11.5. The Bertz CT molecular complexity index is 487. The van der Waals surface area contributed by atoms with Crippen molar-refractivity contribution in [1.29, 1.82) is 0 Å².